The van der Waals surface area contributed by atoms with Crippen LogP contribution in [0.5, 0.6) is 0 Å². The number of rotatable bonds is 7. The molecule has 4 nitrogen and oxygen atoms in total. The van der Waals surface area contributed by atoms with Crippen molar-refractivity contribution in [1.82, 2.24) is 10.3 Å². The lowest BCUT2D eigenvalue weighted by molar-refractivity contribution is 0.0399. The molecule has 4 heteroatoms. The smallest absolute Gasteiger partial charge is 0.338 e. The van der Waals surface area contributed by atoms with Crippen LogP contribution in [0, 0.1) is 5.92 Å². The van der Waals surface area contributed by atoms with Gasteiger partial charge < -0.3 is 10.1 Å². The van der Waals surface area contributed by atoms with E-state index in [2.05, 4.69) is 24.1 Å². The van der Waals surface area contributed by atoms with Crippen LogP contribution in [0.2, 0.25) is 0 Å². The third-order valence-electron chi connectivity index (χ3n) is 2.81. The first-order valence-corrected chi connectivity index (χ1v) is 6.73. The SMILES string of the molecule is CC(C)CCNC(C)(C)COC(=O)c1ccncc1. The monoisotopic (exact) mass is 264 g/mol. The van der Waals surface area contributed by atoms with Crippen LogP contribution < -0.4 is 5.32 Å². The first-order valence-electron chi connectivity index (χ1n) is 6.73. The summed E-state index contributed by atoms with van der Waals surface area (Å²) in [6, 6.07) is 3.31. The molecule has 1 aromatic rings. The van der Waals surface area contributed by atoms with Crippen LogP contribution in [0.15, 0.2) is 24.5 Å². The molecule has 0 radical (unpaired) electrons. The lowest BCUT2D eigenvalue weighted by Gasteiger charge is -2.26. The largest absolute Gasteiger partial charge is 0.460 e. The summed E-state index contributed by atoms with van der Waals surface area (Å²) in [6.07, 6.45) is 4.28. The Hall–Kier alpha value is -1.42. The fraction of sp³-hybridized carbons (Fsp3) is 0.600. The fourth-order valence-corrected chi connectivity index (χ4v) is 1.57. The van der Waals surface area contributed by atoms with Gasteiger partial charge in [-0.1, -0.05) is 13.8 Å². The molecular formula is C15H24N2O2. The summed E-state index contributed by atoms with van der Waals surface area (Å²) < 4.78 is 5.32. The minimum absolute atomic E-state index is 0.211. The van der Waals surface area contributed by atoms with E-state index in [9.17, 15) is 4.79 Å². The first kappa shape index (κ1) is 15.6. The van der Waals surface area contributed by atoms with Crippen molar-refractivity contribution in [3.05, 3.63) is 30.1 Å². The number of hydrogen-bond donors (Lipinski definition) is 1. The van der Waals surface area contributed by atoms with Crippen LogP contribution in [0.1, 0.15) is 44.5 Å². The van der Waals surface area contributed by atoms with E-state index in [0.717, 1.165) is 13.0 Å². The second-order valence-corrected chi connectivity index (χ2v) is 5.81. The van der Waals surface area contributed by atoms with Gasteiger partial charge in [-0.2, -0.15) is 0 Å². The number of nitrogens with zero attached hydrogens (tertiary/aromatic N) is 1. The lowest BCUT2D eigenvalue weighted by atomic mass is 10.1. The van der Waals surface area contributed by atoms with Gasteiger partial charge in [0, 0.05) is 17.9 Å². The Kier molecular flexibility index (Phi) is 5.96. The number of ether oxygens (including phenoxy) is 1. The number of hydrogen-bond acceptors (Lipinski definition) is 4. The molecule has 19 heavy (non-hydrogen) atoms. The van der Waals surface area contributed by atoms with Crippen molar-refractivity contribution in [2.24, 2.45) is 5.92 Å². The second kappa shape index (κ2) is 7.24. The molecule has 0 fully saturated rings. The number of esters is 1. The third-order valence-corrected chi connectivity index (χ3v) is 2.81. The molecule has 0 aliphatic heterocycles. The Balaban J connectivity index is 2.36. The Morgan fingerprint density at radius 2 is 2.00 bits per heavy atom. The van der Waals surface area contributed by atoms with E-state index in [4.69, 9.17) is 4.74 Å². The van der Waals surface area contributed by atoms with E-state index in [1.165, 1.54) is 0 Å². The van der Waals surface area contributed by atoms with E-state index in [1.54, 1.807) is 24.5 Å². The molecule has 0 spiro atoms. The van der Waals surface area contributed by atoms with Gasteiger partial charge in [-0.05, 0) is 44.9 Å². The van der Waals surface area contributed by atoms with Gasteiger partial charge in [0.2, 0.25) is 0 Å². The average molecular weight is 264 g/mol. The molecule has 0 saturated heterocycles. The van der Waals surface area contributed by atoms with Crippen molar-refractivity contribution in [3.8, 4) is 0 Å². The number of pyridine rings is 1. The standard InChI is InChI=1S/C15H24N2O2/c1-12(2)5-10-17-15(3,4)11-19-14(18)13-6-8-16-9-7-13/h6-9,12,17H,5,10-11H2,1-4H3. The van der Waals surface area contributed by atoms with Crippen molar-refractivity contribution < 1.29 is 9.53 Å². The van der Waals surface area contributed by atoms with Crippen LogP contribution in [-0.4, -0.2) is 29.6 Å². The van der Waals surface area contributed by atoms with E-state index in [-0.39, 0.29) is 11.5 Å². The van der Waals surface area contributed by atoms with E-state index >= 15 is 0 Å². The zero-order chi connectivity index (χ0) is 14.3. The van der Waals surface area contributed by atoms with Gasteiger partial charge in [0.05, 0.1) is 5.56 Å². The van der Waals surface area contributed by atoms with Gasteiger partial charge >= 0.3 is 5.97 Å². The molecule has 0 saturated carbocycles. The summed E-state index contributed by atoms with van der Waals surface area (Å²) in [4.78, 5) is 15.7. The Morgan fingerprint density at radius 1 is 1.37 bits per heavy atom. The van der Waals surface area contributed by atoms with Crippen molar-refractivity contribution >= 4 is 5.97 Å². The molecule has 1 rings (SSSR count). The van der Waals surface area contributed by atoms with Gasteiger partial charge in [-0.15, -0.1) is 0 Å². The highest BCUT2D eigenvalue weighted by Crippen LogP contribution is 2.07. The highest BCUT2D eigenvalue weighted by Gasteiger charge is 2.19. The fourth-order valence-electron chi connectivity index (χ4n) is 1.57. The van der Waals surface area contributed by atoms with Gasteiger partial charge in [0.25, 0.3) is 0 Å². The van der Waals surface area contributed by atoms with E-state index < -0.39 is 0 Å². The van der Waals surface area contributed by atoms with Gasteiger partial charge in [0.15, 0.2) is 0 Å². The second-order valence-electron chi connectivity index (χ2n) is 5.81. The summed E-state index contributed by atoms with van der Waals surface area (Å²) in [5, 5.41) is 3.41. The van der Waals surface area contributed by atoms with Crippen molar-refractivity contribution in [2.45, 2.75) is 39.7 Å². The van der Waals surface area contributed by atoms with Crippen LogP contribution in [0.3, 0.4) is 0 Å². The van der Waals surface area contributed by atoms with E-state index in [0.29, 0.717) is 18.1 Å². The zero-order valence-corrected chi connectivity index (χ0v) is 12.3. The van der Waals surface area contributed by atoms with Gasteiger partial charge in [0.1, 0.15) is 6.61 Å². The number of nitrogens with one attached hydrogen (secondary N) is 1. The molecule has 0 aliphatic rings. The highest BCUT2D eigenvalue weighted by molar-refractivity contribution is 5.89. The number of carbonyl (C=O) groups excluding carboxylic acids is 1. The Morgan fingerprint density at radius 3 is 2.58 bits per heavy atom. The predicted molar refractivity (Wildman–Crippen MR) is 76.1 cm³/mol. The minimum Gasteiger partial charge on any atom is -0.460 e. The average Bonchev–Trinajstić information content (AvgIpc) is 2.36. The highest BCUT2D eigenvalue weighted by atomic mass is 16.5. The normalized spacial score (nSPS) is 11.6. The molecule has 1 aromatic heterocycles. The molecule has 0 bridgehead atoms. The Labute approximate surface area is 115 Å². The molecule has 0 aromatic carbocycles. The van der Waals surface area contributed by atoms with Gasteiger partial charge in [-0.25, -0.2) is 4.79 Å². The summed E-state index contributed by atoms with van der Waals surface area (Å²) >= 11 is 0. The summed E-state index contributed by atoms with van der Waals surface area (Å²) in [6.45, 7) is 9.74. The van der Waals surface area contributed by atoms with E-state index in [1.807, 2.05) is 13.8 Å². The van der Waals surface area contributed by atoms with Crippen molar-refractivity contribution in [3.63, 3.8) is 0 Å². The quantitative estimate of drug-likeness (QED) is 0.769. The Bertz CT molecular complexity index is 388. The molecule has 0 unspecified atom stereocenters. The molecule has 1 N–H and O–H groups in total. The number of aromatic nitrogens is 1. The molecule has 0 atom stereocenters. The van der Waals surface area contributed by atoms with Crippen LogP contribution in [0.4, 0.5) is 0 Å². The minimum atomic E-state index is -0.305. The lowest BCUT2D eigenvalue weighted by Crippen LogP contribution is -2.44. The van der Waals surface area contributed by atoms with Gasteiger partial charge in [-0.3, -0.25) is 4.98 Å². The molecule has 0 aliphatic carbocycles. The molecule has 0 amide bonds. The van der Waals surface area contributed by atoms with Crippen molar-refractivity contribution in [2.75, 3.05) is 13.2 Å². The maximum Gasteiger partial charge on any atom is 0.338 e. The maximum absolute atomic E-state index is 11.8. The zero-order valence-electron chi connectivity index (χ0n) is 12.3. The molecule has 106 valence electrons. The third kappa shape index (κ3) is 6.34. The van der Waals surface area contributed by atoms with Crippen LogP contribution >= 0.6 is 0 Å². The molecule has 1 heterocycles. The van der Waals surface area contributed by atoms with Crippen molar-refractivity contribution in [1.29, 1.82) is 0 Å². The summed E-state index contributed by atoms with van der Waals surface area (Å²) in [5.74, 6) is 0.365. The first-order chi connectivity index (χ1) is 8.91. The summed E-state index contributed by atoms with van der Waals surface area (Å²) in [7, 11) is 0. The predicted octanol–water partition coefficient (Wildman–Crippen LogP) is 2.65. The van der Waals surface area contributed by atoms with Crippen LogP contribution in [0.25, 0.3) is 0 Å². The topological polar surface area (TPSA) is 51.2 Å². The number of carbonyl (C=O) groups is 1. The summed E-state index contributed by atoms with van der Waals surface area (Å²) in [5.41, 5.74) is 0.324. The van der Waals surface area contributed by atoms with Crippen LogP contribution in [-0.2, 0) is 4.74 Å². The maximum atomic E-state index is 11.8. The molecular weight excluding hydrogens is 240 g/mol.